The molecule has 2 nitrogen and oxygen atoms in total. The van der Waals surface area contributed by atoms with Gasteiger partial charge in [0, 0.05) is 0 Å². The minimum absolute atomic E-state index is 0.0800. The fourth-order valence-electron chi connectivity index (χ4n) is 8.55. The molecule has 160 valence electrons. The SMILES string of the molecule is C[C@H](CCCN(C)C)[C@H]1CC[C@H]2[C@@H]3CC=C4C[C@@H](O)CC[C@]4(C)[C@H]3CC[C@]12C. The lowest BCUT2D eigenvalue weighted by atomic mass is 9.47. The summed E-state index contributed by atoms with van der Waals surface area (Å²) in [5.41, 5.74) is 2.58. The summed E-state index contributed by atoms with van der Waals surface area (Å²) < 4.78 is 0. The van der Waals surface area contributed by atoms with Gasteiger partial charge in [-0.2, -0.15) is 0 Å². The Balaban J connectivity index is 1.49. The maximum atomic E-state index is 10.2. The van der Waals surface area contributed by atoms with Crippen LogP contribution in [-0.4, -0.2) is 36.8 Å². The minimum atomic E-state index is -0.0800. The quantitative estimate of drug-likeness (QED) is 0.593. The molecule has 4 aliphatic rings. The normalized spacial score (nSPS) is 46.5. The molecule has 0 aliphatic heterocycles. The third kappa shape index (κ3) is 3.41. The molecule has 0 amide bonds. The van der Waals surface area contributed by atoms with Crippen molar-refractivity contribution in [2.24, 2.45) is 40.4 Å². The summed E-state index contributed by atoms with van der Waals surface area (Å²) in [7, 11) is 4.41. The van der Waals surface area contributed by atoms with E-state index in [1.54, 1.807) is 5.57 Å². The molecule has 0 aromatic rings. The highest BCUT2D eigenvalue weighted by Crippen LogP contribution is 2.67. The van der Waals surface area contributed by atoms with Crippen molar-refractivity contribution in [1.82, 2.24) is 4.90 Å². The van der Waals surface area contributed by atoms with Crippen LogP contribution in [0.4, 0.5) is 0 Å². The van der Waals surface area contributed by atoms with Crippen LogP contribution >= 0.6 is 0 Å². The lowest BCUT2D eigenvalue weighted by Gasteiger charge is -2.58. The molecule has 0 heterocycles. The Kier molecular flexibility index (Phi) is 5.77. The number of aliphatic hydroxyl groups is 1. The van der Waals surface area contributed by atoms with Crippen molar-refractivity contribution in [2.45, 2.75) is 91.1 Å². The predicted molar refractivity (Wildman–Crippen MR) is 118 cm³/mol. The summed E-state index contributed by atoms with van der Waals surface area (Å²) in [6.45, 7) is 9.03. The Morgan fingerprint density at radius 2 is 1.89 bits per heavy atom. The second-order valence-corrected chi connectivity index (χ2v) is 11.8. The van der Waals surface area contributed by atoms with Crippen LogP contribution in [0.1, 0.15) is 85.0 Å². The molecule has 0 unspecified atom stereocenters. The molecule has 0 saturated heterocycles. The smallest absolute Gasteiger partial charge is 0.0577 e. The van der Waals surface area contributed by atoms with Crippen molar-refractivity contribution in [2.75, 3.05) is 20.6 Å². The molecule has 0 bridgehead atoms. The van der Waals surface area contributed by atoms with E-state index in [2.05, 4.69) is 45.8 Å². The van der Waals surface area contributed by atoms with Crippen molar-refractivity contribution >= 4 is 0 Å². The average Bonchev–Trinajstić information content (AvgIpc) is 2.99. The number of allylic oxidation sites excluding steroid dienone is 1. The van der Waals surface area contributed by atoms with Crippen LogP contribution in [0.15, 0.2) is 11.6 Å². The molecule has 0 radical (unpaired) electrons. The van der Waals surface area contributed by atoms with E-state index in [1.807, 2.05) is 0 Å². The molecule has 3 fully saturated rings. The van der Waals surface area contributed by atoms with E-state index in [4.69, 9.17) is 0 Å². The number of aliphatic hydroxyl groups excluding tert-OH is 1. The number of fused-ring (bicyclic) bond motifs is 5. The van der Waals surface area contributed by atoms with Crippen molar-refractivity contribution in [1.29, 1.82) is 0 Å². The van der Waals surface area contributed by atoms with Crippen LogP contribution in [0.2, 0.25) is 0 Å². The summed E-state index contributed by atoms with van der Waals surface area (Å²) in [4.78, 5) is 2.34. The molecular formula is C26H45NO. The standard InChI is InChI=1S/C26H45NO/c1-18(7-6-16-27(4)5)22-10-11-23-21-9-8-19-17-20(28)12-14-25(19,2)24(21)13-15-26(22,23)3/h8,18,20-24,28H,6-7,9-17H2,1-5H3/t18-,20+,21+,22-,23+,24+,25+,26-/m1/s1. The van der Waals surface area contributed by atoms with Crippen LogP contribution in [0, 0.1) is 40.4 Å². The first-order chi connectivity index (χ1) is 13.3. The lowest BCUT2D eigenvalue weighted by molar-refractivity contribution is -0.0573. The van der Waals surface area contributed by atoms with Crippen LogP contribution in [0.3, 0.4) is 0 Å². The lowest BCUT2D eigenvalue weighted by Crippen LogP contribution is -2.50. The van der Waals surface area contributed by atoms with E-state index in [1.165, 1.54) is 57.9 Å². The van der Waals surface area contributed by atoms with Gasteiger partial charge < -0.3 is 10.0 Å². The monoisotopic (exact) mass is 387 g/mol. The fourth-order valence-corrected chi connectivity index (χ4v) is 8.55. The largest absolute Gasteiger partial charge is 0.393 e. The topological polar surface area (TPSA) is 23.5 Å². The third-order valence-electron chi connectivity index (χ3n) is 10.1. The Labute approximate surface area is 174 Å². The van der Waals surface area contributed by atoms with Gasteiger partial charge in [0.2, 0.25) is 0 Å². The molecule has 2 heteroatoms. The molecule has 8 atom stereocenters. The van der Waals surface area contributed by atoms with Crippen molar-refractivity contribution in [3.05, 3.63) is 11.6 Å². The van der Waals surface area contributed by atoms with Gasteiger partial charge >= 0.3 is 0 Å². The molecule has 0 aromatic heterocycles. The van der Waals surface area contributed by atoms with Gasteiger partial charge in [-0.1, -0.05) is 32.4 Å². The van der Waals surface area contributed by atoms with Crippen LogP contribution in [0.25, 0.3) is 0 Å². The Morgan fingerprint density at radius 3 is 2.64 bits per heavy atom. The summed E-state index contributed by atoms with van der Waals surface area (Å²) in [5, 5.41) is 10.2. The van der Waals surface area contributed by atoms with Crippen molar-refractivity contribution in [3.63, 3.8) is 0 Å². The van der Waals surface area contributed by atoms with Crippen LogP contribution in [-0.2, 0) is 0 Å². The molecule has 4 rings (SSSR count). The Bertz CT molecular complexity index is 597. The zero-order valence-electron chi connectivity index (χ0n) is 19.2. The fraction of sp³-hybridized carbons (Fsp3) is 0.923. The number of rotatable bonds is 5. The van der Waals surface area contributed by atoms with Gasteiger partial charge in [0.15, 0.2) is 0 Å². The highest BCUT2D eigenvalue weighted by Gasteiger charge is 2.59. The Morgan fingerprint density at radius 1 is 1.11 bits per heavy atom. The van der Waals surface area contributed by atoms with E-state index in [-0.39, 0.29) is 6.10 Å². The highest BCUT2D eigenvalue weighted by atomic mass is 16.3. The van der Waals surface area contributed by atoms with E-state index in [0.29, 0.717) is 10.8 Å². The highest BCUT2D eigenvalue weighted by molar-refractivity contribution is 5.25. The number of hydrogen-bond acceptors (Lipinski definition) is 2. The molecule has 0 spiro atoms. The van der Waals surface area contributed by atoms with E-state index >= 15 is 0 Å². The number of nitrogens with zero attached hydrogens (tertiary/aromatic N) is 1. The summed E-state index contributed by atoms with van der Waals surface area (Å²) in [6, 6.07) is 0. The second-order valence-electron chi connectivity index (χ2n) is 11.8. The van der Waals surface area contributed by atoms with E-state index in [9.17, 15) is 5.11 Å². The predicted octanol–water partition coefficient (Wildman–Crippen LogP) is 5.90. The van der Waals surface area contributed by atoms with Gasteiger partial charge in [-0.3, -0.25) is 0 Å². The zero-order valence-corrected chi connectivity index (χ0v) is 19.2. The van der Waals surface area contributed by atoms with Gasteiger partial charge in [0.1, 0.15) is 0 Å². The first-order valence-electron chi connectivity index (χ1n) is 12.3. The molecule has 1 N–H and O–H groups in total. The third-order valence-corrected chi connectivity index (χ3v) is 10.1. The van der Waals surface area contributed by atoms with Gasteiger partial charge in [0.05, 0.1) is 6.10 Å². The summed E-state index contributed by atoms with van der Waals surface area (Å²) >= 11 is 0. The molecule has 3 saturated carbocycles. The average molecular weight is 388 g/mol. The first-order valence-corrected chi connectivity index (χ1v) is 12.3. The zero-order chi connectivity index (χ0) is 20.1. The van der Waals surface area contributed by atoms with Gasteiger partial charge in [0.25, 0.3) is 0 Å². The maximum Gasteiger partial charge on any atom is 0.0577 e. The van der Waals surface area contributed by atoms with Crippen molar-refractivity contribution in [3.8, 4) is 0 Å². The molecular weight excluding hydrogens is 342 g/mol. The van der Waals surface area contributed by atoms with Crippen LogP contribution in [0.5, 0.6) is 0 Å². The first kappa shape index (κ1) is 20.9. The Hall–Kier alpha value is -0.340. The maximum absolute atomic E-state index is 10.2. The van der Waals surface area contributed by atoms with Gasteiger partial charge in [-0.05, 0) is 125 Å². The van der Waals surface area contributed by atoms with Crippen molar-refractivity contribution < 1.29 is 5.11 Å². The van der Waals surface area contributed by atoms with Crippen LogP contribution < -0.4 is 0 Å². The number of hydrogen-bond donors (Lipinski definition) is 1. The molecule has 4 aliphatic carbocycles. The minimum Gasteiger partial charge on any atom is -0.393 e. The van der Waals surface area contributed by atoms with E-state index < -0.39 is 0 Å². The van der Waals surface area contributed by atoms with E-state index in [0.717, 1.165) is 42.4 Å². The second kappa shape index (κ2) is 7.73. The van der Waals surface area contributed by atoms with Gasteiger partial charge in [-0.15, -0.1) is 0 Å². The molecule has 28 heavy (non-hydrogen) atoms. The summed E-state index contributed by atoms with van der Waals surface area (Å²) in [5.74, 6) is 4.53. The van der Waals surface area contributed by atoms with Gasteiger partial charge in [-0.25, -0.2) is 0 Å². The summed E-state index contributed by atoms with van der Waals surface area (Å²) in [6.07, 6.45) is 15.6. The molecule has 0 aromatic carbocycles.